The van der Waals surface area contributed by atoms with Crippen molar-refractivity contribution in [1.29, 1.82) is 0 Å². The monoisotopic (exact) mass is 361 g/mol. The Hall–Kier alpha value is -2.35. The van der Waals surface area contributed by atoms with Crippen molar-refractivity contribution in [2.24, 2.45) is 0 Å². The average molecular weight is 362 g/mol. The molecule has 1 aromatic heterocycles. The molecule has 2 aromatic carbocycles. The molecule has 2 heteroatoms. The molecule has 0 saturated heterocycles. The van der Waals surface area contributed by atoms with Gasteiger partial charge in [-0.25, -0.2) is 4.57 Å². The Bertz CT molecular complexity index is 903. The average Bonchev–Trinajstić information content (AvgIpc) is 3.06. The fourth-order valence-corrected chi connectivity index (χ4v) is 3.88. The van der Waals surface area contributed by atoms with Crippen LogP contribution < -0.4 is 4.57 Å². The minimum absolute atomic E-state index is 0.398. The standard InChI is InChI=1S/C25H33N2/c1-17(2)21-13-10-14-22(18(3)4)24(21)27-16-15-26(19(5)6)25(27)23-12-9-8-11-20(23)7/h8-19H,1-7H3/q+1. The summed E-state index contributed by atoms with van der Waals surface area (Å²) >= 11 is 0. The molecule has 0 spiro atoms. The molecule has 0 bridgehead atoms. The van der Waals surface area contributed by atoms with Crippen molar-refractivity contribution >= 4 is 0 Å². The van der Waals surface area contributed by atoms with Crippen molar-refractivity contribution in [2.75, 3.05) is 0 Å². The lowest BCUT2D eigenvalue weighted by Gasteiger charge is -2.18. The zero-order valence-electron chi connectivity index (χ0n) is 17.8. The summed E-state index contributed by atoms with van der Waals surface area (Å²) in [6.45, 7) is 15.9. The molecular weight excluding hydrogens is 328 g/mol. The molecule has 3 aromatic rings. The first-order chi connectivity index (χ1) is 12.8. The largest absolute Gasteiger partial charge is 0.294 e. The van der Waals surface area contributed by atoms with E-state index >= 15 is 0 Å². The summed E-state index contributed by atoms with van der Waals surface area (Å²) in [6, 6.07) is 15.9. The number of aryl methyl sites for hydroxylation is 1. The van der Waals surface area contributed by atoms with Gasteiger partial charge in [0.15, 0.2) is 0 Å². The van der Waals surface area contributed by atoms with Crippen LogP contribution in [0, 0.1) is 6.92 Å². The van der Waals surface area contributed by atoms with Gasteiger partial charge in [-0.15, -0.1) is 0 Å². The molecule has 2 nitrogen and oxygen atoms in total. The molecule has 142 valence electrons. The first-order valence-corrected chi connectivity index (χ1v) is 10.1. The van der Waals surface area contributed by atoms with E-state index in [2.05, 4.69) is 112 Å². The summed E-state index contributed by atoms with van der Waals surface area (Å²) in [5.41, 5.74) is 6.76. The summed E-state index contributed by atoms with van der Waals surface area (Å²) in [7, 11) is 0. The van der Waals surface area contributed by atoms with Gasteiger partial charge in [0, 0.05) is 11.1 Å². The summed E-state index contributed by atoms with van der Waals surface area (Å²) in [6.07, 6.45) is 4.47. The van der Waals surface area contributed by atoms with Crippen LogP contribution in [-0.2, 0) is 0 Å². The second kappa shape index (κ2) is 7.72. The molecule has 0 aliphatic rings. The maximum Gasteiger partial charge on any atom is 0.294 e. The van der Waals surface area contributed by atoms with Crippen LogP contribution in [0.2, 0.25) is 0 Å². The fraction of sp³-hybridized carbons (Fsp3) is 0.400. The van der Waals surface area contributed by atoms with Crippen LogP contribution in [0.4, 0.5) is 0 Å². The van der Waals surface area contributed by atoms with Gasteiger partial charge in [0.1, 0.15) is 18.1 Å². The zero-order valence-corrected chi connectivity index (χ0v) is 17.8. The Morgan fingerprint density at radius 3 is 1.89 bits per heavy atom. The Morgan fingerprint density at radius 1 is 0.778 bits per heavy atom. The van der Waals surface area contributed by atoms with Gasteiger partial charge >= 0.3 is 0 Å². The molecule has 0 unspecified atom stereocenters. The van der Waals surface area contributed by atoms with E-state index in [9.17, 15) is 0 Å². The second-order valence-corrected chi connectivity index (χ2v) is 8.40. The van der Waals surface area contributed by atoms with E-state index in [4.69, 9.17) is 0 Å². The first-order valence-electron chi connectivity index (χ1n) is 10.1. The van der Waals surface area contributed by atoms with E-state index in [1.165, 1.54) is 33.8 Å². The minimum atomic E-state index is 0.398. The highest BCUT2D eigenvalue weighted by Gasteiger charge is 2.28. The molecule has 27 heavy (non-hydrogen) atoms. The SMILES string of the molecule is Cc1ccccc1-c1n(-c2c(C(C)C)cccc2C(C)C)cc[n+]1C(C)C. The van der Waals surface area contributed by atoms with Crippen LogP contribution in [0.1, 0.15) is 76.1 Å². The smallest absolute Gasteiger partial charge is 0.227 e. The van der Waals surface area contributed by atoms with Crippen LogP contribution in [0.5, 0.6) is 0 Å². The summed E-state index contributed by atoms with van der Waals surface area (Å²) < 4.78 is 4.82. The Balaban J connectivity index is 2.40. The van der Waals surface area contributed by atoms with Crippen LogP contribution >= 0.6 is 0 Å². The van der Waals surface area contributed by atoms with Crippen molar-refractivity contribution in [2.45, 2.75) is 66.3 Å². The zero-order chi connectivity index (χ0) is 19.7. The molecule has 0 saturated carbocycles. The lowest BCUT2D eigenvalue weighted by atomic mass is 9.92. The normalized spacial score (nSPS) is 11.8. The van der Waals surface area contributed by atoms with Crippen molar-refractivity contribution in [3.63, 3.8) is 0 Å². The number of para-hydroxylation sites is 1. The topological polar surface area (TPSA) is 8.81 Å². The lowest BCUT2D eigenvalue weighted by Crippen LogP contribution is -2.37. The van der Waals surface area contributed by atoms with Gasteiger partial charge in [-0.1, -0.05) is 64.1 Å². The third-order valence-corrected chi connectivity index (χ3v) is 5.37. The highest BCUT2D eigenvalue weighted by molar-refractivity contribution is 5.63. The van der Waals surface area contributed by atoms with Gasteiger partial charge in [-0.2, -0.15) is 4.57 Å². The van der Waals surface area contributed by atoms with E-state index in [-0.39, 0.29) is 0 Å². The molecule has 0 aliphatic heterocycles. The van der Waals surface area contributed by atoms with Crippen LogP contribution in [0.3, 0.4) is 0 Å². The van der Waals surface area contributed by atoms with E-state index < -0.39 is 0 Å². The maximum absolute atomic E-state index is 2.42. The van der Waals surface area contributed by atoms with E-state index in [1.807, 2.05) is 0 Å². The van der Waals surface area contributed by atoms with Crippen molar-refractivity contribution in [3.05, 3.63) is 71.5 Å². The summed E-state index contributed by atoms with van der Waals surface area (Å²) in [5, 5.41) is 0. The molecule has 0 amide bonds. The van der Waals surface area contributed by atoms with Crippen molar-refractivity contribution in [1.82, 2.24) is 4.57 Å². The number of rotatable bonds is 5. The third kappa shape index (κ3) is 3.58. The maximum atomic E-state index is 2.42. The van der Waals surface area contributed by atoms with Crippen molar-refractivity contribution < 1.29 is 4.57 Å². The van der Waals surface area contributed by atoms with Crippen LogP contribution in [0.25, 0.3) is 17.1 Å². The second-order valence-electron chi connectivity index (χ2n) is 8.40. The van der Waals surface area contributed by atoms with Gasteiger partial charge in [0.2, 0.25) is 0 Å². The minimum Gasteiger partial charge on any atom is -0.227 e. The molecular formula is C25H33N2+. The number of aromatic nitrogens is 2. The Morgan fingerprint density at radius 2 is 1.37 bits per heavy atom. The van der Waals surface area contributed by atoms with E-state index in [0.717, 1.165) is 0 Å². The van der Waals surface area contributed by atoms with E-state index in [0.29, 0.717) is 17.9 Å². The fourth-order valence-electron chi connectivity index (χ4n) is 3.88. The predicted molar refractivity (Wildman–Crippen MR) is 115 cm³/mol. The first kappa shape index (κ1) is 19.4. The molecule has 1 heterocycles. The van der Waals surface area contributed by atoms with Crippen molar-refractivity contribution in [3.8, 4) is 17.1 Å². The molecule has 0 fully saturated rings. The van der Waals surface area contributed by atoms with Gasteiger partial charge in [0.25, 0.3) is 5.82 Å². The van der Waals surface area contributed by atoms with Gasteiger partial charge in [-0.3, -0.25) is 0 Å². The van der Waals surface area contributed by atoms with Crippen LogP contribution in [-0.4, -0.2) is 4.57 Å². The van der Waals surface area contributed by atoms with Gasteiger partial charge in [0.05, 0.1) is 11.6 Å². The third-order valence-electron chi connectivity index (χ3n) is 5.37. The number of imidazole rings is 1. The van der Waals surface area contributed by atoms with E-state index in [1.54, 1.807) is 0 Å². The number of nitrogens with zero attached hydrogens (tertiary/aromatic N) is 2. The molecule has 0 N–H and O–H groups in total. The number of hydrogen-bond donors (Lipinski definition) is 0. The summed E-state index contributed by atoms with van der Waals surface area (Å²) in [5.74, 6) is 2.20. The molecule has 0 radical (unpaired) electrons. The van der Waals surface area contributed by atoms with Gasteiger partial charge < -0.3 is 0 Å². The highest BCUT2D eigenvalue weighted by Crippen LogP contribution is 2.34. The number of hydrogen-bond acceptors (Lipinski definition) is 0. The molecule has 3 rings (SSSR count). The molecule has 0 atom stereocenters. The molecule has 0 aliphatic carbocycles. The predicted octanol–water partition coefficient (Wildman–Crippen LogP) is 6.57. The lowest BCUT2D eigenvalue weighted by molar-refractivity contribution is -0.704. The van der Waals surface area contributed by atoms with Crippen LogP contribution in [0.15, 0.2) is 54.9 Å². The highest BCUT2D eigenvalue weighted by atomic mass is 15.2. The quantitative estimate of drug-likeness (QED) is 0.455. The Labute approximate surface area is 164 Å². The Kier molecular flexibility index (Phi) is 5.55. The summed E-state index contributed by atoms with van der Waals surface area (Å²) in [4.78, 5) is 0. The van der Waals surface area contributed by atoms with Gasteiger partial charge in [-0.05, 0) is 44.2 Å². The number of benzene rings is 2.